The fraction of sp³-hybridized carbons (Fsp3) is 0.0833. The van der Waals surface area contributed by atoms with Crippen molar-refractivity contribution in [1.29, 1.82) is 0 Å². The molecule has 4 N–H and O–H groups in total. The smallest absolute Gasteiger partial charge is 0.291 e. The van der Waals surface area contributed by atoms with Gasteiger partial charge in [-0.15, -0.1) is 0 Å². The lowest BCUT2D eigenvalue weighted by Crippen LogP contribution is -2.19. The van der Waals surface area contributed by atoms with Gasteiger partial charge in [0.05, 0.1) is 19.7 Å². The van der Waals surface area contributed by atoms with Crippen molar-refractivity contribution in [3.8, 4) is 5.75 Å². The number of methoxy groups -OCH3 is 1. The standard InChI is InChI=1S/C12H13N5O2/c1-19-9-5-3-2-4-8(9)6-16-17-12(18)10-11(13)15-7-14-10/h2-7H,13H2,1H3,(H,14,15)(H,17,18)/b16-6-. The van der Waals surface area contributed by atoms with Crippen molar-refractivity contribution in [1.82, 2.24) is 15.4 Å². The molecule has 1 aromatic heterocycles. The third-order valence-electron chi connectivity index (χ3n) is 2.40. The molecule has 2 rings (SSSR count). The SMILES string of the molecule is COc1ccccc1/C=N\NC(=O)c1[nH]cnc1N. The van der Waals surface area contributed by atoms with E-state index in [4.69, 9.17) is 10.5 Å². The van der Waals surface area contributed by atoms with Crippen LogP contribution in [0.1, 0.15) is 16.1 Å². The lowest BCUT2D eigenvalue weighted by Gasteiger charge is -2.03. The molecule has 0 atom stereocenters. The maximum absolute atomic E-state index is 11.7. The Labute approximate surface area is 109 Å². The van der Waals surface area contributed by atoms with E-state index < -0.39 is 5.91 Å². The highest BCUT2D eigenvalue weighted by Gasteiger charge is 2.10. The number of hydrogen-bond acceptors (Lipinski definition) is 5. The average Bonchev–Trinajstić information content (AvgIpc) is 2.85. The second-order valence-corrected chi connectivity index (χ2v) is 3.60. The highest BCUT2D eigenvalue weighted by molar-refractivity contribution is 5.97. The van der Waals surface area contributed by atoms with Crippen LogP contribution in [-0.2, 0) is 0 Å². The number of nitrogens with zero attached hydrogens (tertiary/aromatic N) is 2. The number of nitrogen functional groups attached to an aromatic ring is 1. The van der Waals surface area contributed by atoms with Crippen molar-refractivity contribution in [3.63, 3.8) is 0 Å². The Morgan fingerprint density at radius 2 is 2.32 bits per heavy atom. The number of nitrogens with two attached hydrogens (primary N) is 1. The van der Waals surface area contributed by atoms with Gasteiger partial charge < -0.3 is 15.5 Å². The molecule has 7 nitrogen and oxygen atoms in total. The molecule has 0 aliphatic heterocycles. The third-order valence-corrected chi connectivity index (χ3v) is 2.40. The molecule has 0 spiro atoms. The molecule has 0 saturated heterocycles. The van der Waals surface area contributed by atoms with Crippen LogP contribution in [0.4, 0.5) is 5.82 Å². The highest BCUT2D eigenvalue weighted by atomic mass is 16.5. The number of para-hydroxylation sites is 1. The monoisotopic (exact) mass is 259 g/mol. The number of nitrogens with one attached hydrogen (secondary N) is 2. The van der Waals surface area contributed by atoms with E-state index in [0.717, 1.165) is 5.56 Å². The molecule has 1 amide bonds. The van der Waals surface area contributed by atoms with Gasteiger partial charge in [-0.05, 0) is 12.1 Å². The largest absolute Gasteiger partial charge is 0.496 e. The summed E-state index contributed by atoms with van der Waals surface area (Å²) in [6, 6.07) is 7.31. The van der Waals surface area contributed by atoms with E-state index in [2.05, 4.69) is 20.5 Å². The van der Waals surface area contributed by atoms with Crippen molar-refractivity contribution in [2.45, 2.75) is 0 Å². The number of benzene rings is 1. The normalized spacial score (nSPS) is 10.6. The van der Waals surface area contributed by atoms with Gasteiger partial charge in [-0.25, -0.2) is 10.4 Å². The van der Waals surface area contributed by atoms with Gasteiger partial charge in [0, 0.05) is 5.56 Å². The Balaban J connectivity index is 2.04. The Morgan fingerprint density at radius 1 is 1.53 bits per heavy atom. The van der Waals surface area contributed by atoms with Crippen molar-refractivity contribution in [3.05, 3.63) is 41.9 Å². The maximum Gasteiger partial charge on any atom is 0.291 e. The number of hydrogen-bond donors (Lipinski definition) is 3. The predicted molar refractivity (Wildman–Crippen MR) is 71.1 cm³/mol. The van der Waals surface area contributed by atoms with Crippen LogP contribution >= 0.6 is 0 Å². The first-order chi connectivity index (χ1) is 9.22. The first-order valence-corrected chi connectivity index (χ1v) is 5.47. The van der Waals surface area contributed by atoms with Crippen LogP contribution in [0.25, 0.3) is 0 Å². The lowest BCUT2D eigenvalue weighted by molar-refractivity contribution is 0.0951. The summed E-state index contributed by atoms with van der Waals surface area (Å²) in [5.41, 5.74) is 8.77. The minimum atomic E-state index is -0.457. The number of ether oxygens (including phenoxy) is 1. The summed E-state index contributed by atoms with van der Waals surface area (Å²) in [4.78, 5) is 18.0. The number of hydrazone groups is 1. The number of H-pyrrole nitrogens is 1. The molecule has 0 unspecified atom stereocenters. The molecule has 0 fully saturated rings. The Kier molecular flexibility index (Phi) is 3.77. The molecule has 2 aromatic rings. The number of carbonyl (C=O) groups excluding carboxylic acids is 1. The van der Waals surface area contributed by atoms with Gasteiger partial charge >= 0.3 is 0 Å². The van der Waals surface area contributed by atoms with E-state index >= 15 is 0 Å². The zero-order valence-electron chi connectivity index (χ0n) is 10.3. The molecule has 0 aliphatic rings. The molecule has 19 heavy (non-hydrogen) atoms. The summed E-state index contributed by atoms with van der Waals surface area (Å²) >= 11 is 0. The van der Waals surface area contributed by atoms with E-state index in [9.17, 15) is 4.79 Å². The van der Waals surface area contributed by atoms with Gasteiger partial charge in [0.25, 0.3) is 5.91 Å². The minimum absolute atomic E-state index is 0.130. The predicted octanol–water partition coefficient (Wildman–Crippen LogP) is 0.764. The summed E-state index contributed by atoms with van der Waals surface area (Å²) in [5, 5.41) is 3.84. The van der Waals surface area contributed by atoms with Gasteiger partial charge in [0.2, 0.25) is 0 Å². The van der Waals surface area contributed by atoms with Crippen LogP contribution in [-0.4, -0.2) is 29.2 Å². The number of rotatable bonds is 4. The number of carbonyl (C=O) groups is 1. The van der Waals surface area contributed by atoms with Gasteiger partial charge in [-0.1, -0.05) is 12.1 Å². The zero-order valence-corrected chi connectivity index (χ0v) is 10.3. The van der Waals surface area contributed by atoms with Gasteiger partial charge in [-0.2, -0.15) is 5.10 Å². The van der Waals surface area contributed by atoms with Crippen LogP contribution < -0.4 is 15.9 Å². The van der Waals surface area contributed by atoms with Crippen molar-refractivity contribution in [2.75, 3.05) is 12.8 Å². The quantitative estimate of drug-likeness (QED) is 0.557. The number of aromatic nitrogens is 2. The molecule has 0 radical (unpaired) electrons. The van der Waals surface area contributed by atoms with Crippen LogP contribution in [0.5, 0.6) is 5.75 Å². The topological polar surface area (TPSA) is 105 Å². The third kappa shape index (κ3) is 2.89. The first-order valence-electron chi connectivity index (χ1n) is 5.47. The van der Waals surface area contributed by atoms with Crippen LogP contribution in [0.3, 0.4) is 0 Å². The zero-order chi connectivity index (χ0) is 13.7. The Hall–Kier alpha value is -2.83. The summed E-state index contributed by atoms with van der Waals surface area (Å²) in [7, 11) is 1.57. The molecule has 0 saturated carbocycles. The number of imidazole rings is 1. The molecule has 7 heteroatoms. The molecule has 0 aliphatic carbocycles. The average molecular weight is 259 g/mol. The van der Waals surface area contributed by atoms with Crippen molar-refractivity contribution < 1.29 is 9.53 Å². The van der Waals surface area contributed by atoms with Crippen LogP contribution in [0, 0.1) is 0 Å². The molecule has 1 aromatic carbocycles. The number of anilines is 1. The summed E-state index contributed by atoms with van der Waals surface area (Å²) in [5.74, 6) is 0.340. The Morgan fingerprint density at radius 3 is 3.00 bits per heavy atom. The molecule has 0 bridgehead atoms. The van der Waals surface area contributed by atoms with Crippen LogP contribution in [0.2, 0.25) is 0 Å². The number of aromatic amines is 1. The summed E-state index contributed by atoms with van der Waals surface area (Å²) in [6.45, 7) is 0. The van der Waals surface area contributed by atoms with Gasteiger partial charge in [-0.3, -0.25) is 4.79 Å². The lowest BCUT2D eigenvalue weighted by atomic mass is 10.2. The van der Waals surface area contributed by atoms with Crippen molar-refractivity contribution >= 4 is 17.9 Å². The first kappa shape index (κ1) is 12.6. The molecular formula is C12H13N5O2. The fourth-order valence-electron chi connectivity index (χ4n) is 1.48. The van der Waals surface area contributed by atoms with Gasteiger partial charge in [0.15, 0.2) is 5.82 Å². The highest BCUT2D eigenvalue weighted by Crippen LogP contribution is 2.14. The summed E-state index contributed by atoms with van der Waals surface area (Å²) < 4.78 is 5.15. The molecule has 1 heterocycles. The van der Waals surface area contributed by atoms with Gasteiger partial charge in [0.1, 0.15) is 11.4 Å². The van der Waals surface area contributed by atoms with E-state index in [1.54, 1.807) is 13.2 Å². The Bertz CT molecular complexity index is 606. The number of amides is 1. The van der Waals surface area contributed by atoms with Crippen LogP contribution in [0.15, 0.2) is 35.7 Å². The van der Waals surface area contributed by atoms with E-state index in [1.165, 1.54) is 12.5 Å². The van der Waals surface area contributed by atoms with E-state index in [1.807, 2.05) is 18.2 Å². The maximum atomic E-state index is 11.7. The van der Waals surface area contributed by atoms with E-state index in [-0.39, 0.29) is 11.5 Å². The summed E-state index contributed by atoms with van der Waals surface area (Å²) in [6.07, 6.45) is 2.83. The van der Waals surface area contributed by atoms with Crippen molar-refractivity contribution in [2.24, 2.45) is 5.10 Å². The molecular weight excluding hydrogens is 246 g/mol. The van der Waals surface area contributed by atoms with E-state index in [0.29, 0.717) is 5.75 Å². The molecule has 98 valence electrons. The second-order valence-electron chi connectivity index (χ2n) is 3.60. The second kappa shape index (κ2) is 5.67. The minimum Gasteiger partial charge on any atom is -0.496 e. The fourth-order valence-corrected chi connectivity index (χ4v) is 1.48.